The number of benzene rings is 1. The minimum Gasteiger partial charge on any atom is -0.305 e. The molecule has 0 aliphatic heterocycles. The van der Waals surface area contributed by atoms with E-state index in [2.05, 4.69) is 10.4 Å². The van der Waals surface area contributed by atoms with Gasteiger partial charge in [-0.2, -0.15) is 9.78 Å². The van der Waals surface area contributed by atoms with Gasteiger partial charge in [-0.1, -0.05) is 23.7 Å². The highest BCUT2D eigenvalue weighted by atomic mass is 35.5. The van der Waals surface area contributed by atoms with E-state index in [0.717, 1.165) is 11.4 Å². The Morgan fingerprint density at radius 1 is 1.35 bits per heavy atom. The van der Waals surface area contributed by atoms with Crippen LogP contribution in [-0.2, 0) is 0 Å². The van der Waals surface area contributed by atoms with Crippen LogP contribution >= 0.6 is 11.6 Å². The average Bonchev–Trinajstić information content (AvgIpc) is 2.61. The van der Waals surface area contributed by atoms with Gasteiger partial charge >= 0.3 is 6.03 Å². The smallest absolute Gasteiger partial charge is 0.305 e. The summed E-state index contributed by atoms with van der Waals surface area (Å²) in [6.07, 6.45) is 0. The molecule has 1 heterocycles. The van der Waals surface area contributed by atoms with E-state index in [1.807, 2.05) is 26.0 Å². The van der Waals surface area contributed by atoms with Crippen LogP contribution in [0.4, 0.5) is 10.5 Å². The van der Waals surface area contributed by atoms with Crippen molar-refractivity contribution in [3.8, 4) is 0 Å². The number of nitrogens with one attached hydrogen (secondary N) is 1. The minimum absolute atomic E-state index is 0.316. The number of rotatable bonds is 1. The van der Waals surface area contributed by atoms with Crippen LogP contribution in [0.15, 0.2) is 30.3 Å². The van der Waals surface area contributed by atoms with Gasteiger partial charge in [-0.15, -0.1) is 0 Å². The maximum absolute atomic E-state index is 11.9. The molecule has 4 nitrogen and oxygen atoms in total. The van der Waals surface area contributed by atoms with Gasteiger partial charge in [0.2, 0.25) is 0 Å². The lowest BCUT2D eigenvalue weighted by molar-refractivity contribution is 0.250. The molecule has 0 aliphatic rings. The summed E-state index contributed by atoms with van der Waals surface area (Å²) in [6, 6.07) is 8.60. The largest absolute Gasteiger partial charge is 0.346 e. The maximum atomic E-state index is 11.9. The van der Waals surface area contributed by atoms with Crippen molar-refractivity contribution in [2.24, 2.45) is 0 Å². The first-order chi connectivity index (χ1) is 8.08. The Kier molecular flexibility index (Phi) is 3.15. The van der Waals surface area contributed by atoms with Gasteiger partial charge in [0.05, 0.1) is 16.4 Å². The molecule has 0 bridgehead atoms. The number of anilines is 1. The number of hydrogen-bond donors (Lipinski definition) is 1. The van der Waals surface area contributed by atoms with Crippen LogP contribution in [0.1, 0.15) is 11.4 Å². The monoisotopic (exact) mass is 249 g/mol. The summed E-state index contributed by atoms with van der Waals surface area (Å²) < 4.78 is 1.32. The van der Waals surface area contributed by atoms with Crippen molar-refractivity contribution in [3.63, 3.8) is 0 Å². The van der Waals surface area contributed by atoms with Gasteiger partial charge in [0.25, 0.3) is 0 Å². The highest BCUT2D eigenvalue weighted by molar-refractivity contribution is 6.33. The second-order valence-electron chi connectivity index (χ2n) is 3.75. The zero-order valence-corrected chi connectivity index (χ0v) is 10.3. The van der Waals surface area contributed by atoms with Crippen molar-refractivity contribution in [1.29, 1.82) is 0 Å². The van der Waals surface area contributed by atoms with E-state index in [9.17, 15) is 4.79 Å². The molecule has 1 amide bonds. The first-order valence-electron chi connectivity index (χ1n) is 5.17. The summed E-state index contributed by atoms with van der Waals surface area (Å²) in [5.41, 5.74) is 2.16. The molecule has 0 atom stereocenters. The van der Waals surface area contributed by atoms with Gasteiger partial charge in [-0.25, -0.2) is 4.79 Å². The molecule has 0 saturated heterocycles. The third-order valence-corrected chi connectivity index (χ3v) is 2.65. The van der Waals surface area contributed by atoms with Gasteiger partial charge < -0.3 is 5.32 Å². The summed E-state index contributed by atoms with van der Waals surface area (Å²) >= 11 is 5.96. The number of nitrogens with zero attached hydrogens (tertiary/aromatic N) is 2. The van der Waals surface area contributed by atoms with E-state index < -0.39 is 0 Å². The SMILES string of the molecule is Cc1cc(C)n(C(=O)Nc2ccccc2Cl)n1. The van der Waals surface area contributed by atoms with Crippen molar-refractivity contribution in [3.05, 3.63) is 46.7 Å². The second kappa shape index (κ2) is 4.59. The van der Waals surface area contributed by atoms with Crippen molar-refractivity contribution in [2.45, 2.75) is 13.8 Å². The molecule has 88 valence electrons. The predicted octanol–water partition coefficient (Wildman–Crippen LogP) is 3.23. The molecule has 5 heteroatoms. The number of halogens is 1. The fraction of sp³-hybridized carbons (Fsp3) is 0.167. The molecule has 1 N–H and O–H groups in total. The van der Waals surface area contributed by atoms with Crippen LogP contribution in [0.25, 0.3) is 0 Å². The van der Waals surface area contributed by atoms with Gasteiger partial charge in [0.15, 0.2) is 0 Å². The highest BCUT2D eigenvalue weighted by Crippen LogP contribution is 2.20. The molecule has 0 spiro atoms. The van der Waals surface area contributed by atoms with Gasteiger partial charge in [-0.3, -0.25) is 0 Å². The van der Waals surface area contributed by atoms with Crippen molar-refractivity contribution in [1.82, 2.24) is 9.78 Å². The van der Waals surface area contributed by atoms with Gasteiger partial charge in [0.1, 0.15) is 0 Å². The Bertz CT molecular complexity index is 563. The summed E-state index contributed by atoms with van der Waals surface area (Å²) in [6.45, 7) is 3.67. The lowest BCUT2D eigenvalue weighted by Gasteiger charge is -2.07. The Morgan fingerprint density at radius 2 is 2.06 bits per heavy atom. The highest BCUT2D eigenvalue weighted by Gasteiger charge is 2.11. The minimum atomic E-state index is -0.316. The van der Waals surface area contributed by atoms with Crippen LogP contribution in [0.5, 0.6) is 0 Å². The van der Waals surface area contributed by atoms with Gasteiger partial charge in [-0.05, 0) is 32.0 Å². The fourth-order valence-electron chi connectivity index (χ4n) is 1.57. The first kappa shape index (κ1) is 11.7. The van der Waals surface area contributed by atoms with E-state index in [1.165, 1.54) is 4.68 Å². The zero-order chi connectivity index (χ0) is 12.4. The lowest BCUT2D eigenvalue weighted by Crippen LogP contribution is -2.22. The third-order valence-electron chi connectivity index (χ3n) is 2.32. The maximum Gasteiger partial charge on any atom is 0.346 e. The Labute approximate surface area is 104 Å². The standard InChI is InChI=1S/C12H12ClN3O/c1-8-7-9(2)16(15-8)12(17)14-11-6-4-3-5-10(11)13/h3-7H,1-2H3,(H,14,17). The van der Waals surface area contributed by atoms with E-state index in [4.69, 9.17) is 11.6 Å². The molecule has 0 unspecified atom stereocenters. The summed E-state index contributed by atoms with van der Waals surface area (Å²) in [5, 5.41) is 7.31. The molecule has 0 saturated carbocycles. The molecule has 1 aromatic heterocycles. The molecule has 0 aliphatic carbocycles. The molecule has 0 fully saturated rings. The number of aryl methyl sites for hydroxylation is 2. The second-order valence-corrected chi connectivity index (χ2v) is 4.16. The molecule has 2 rings (SSSR count). The van der Waals surface area contributed by atoms with Crippen LogP contribution in [-0.4, -0.2) is 15.8 Å². The average molecular weight is 250 g/mol. The quantitative estimate of drug-likeness (QED) is 0.843. The van der Waals surface area contributed by atoms with Crippen molar-refractivity contribution >= 4 is 23.3 Å². The number of aromatic nitrogens is 2. The van der Waals surface area contributed by atoms with E-state index >= 15 is 0 Å². The molecule has 0 radical (unpaired) electrons. The van der Waals surface area contributed by atoms with Crippen molar-refractivity contribution < 1.29 is 4.79 Å². The van der Waals surface area contributed by atoms with Crippen LogP contribution in [0.2, 0.25) is 5.02 Å². The zero-order valence-electron chi connectivity index (χ0n) is 9.57. The number of hydrogen-bond acceptors (Lipinski definition) is 2. The lowest BCUT2D eigenvalue weighted by atomic mass is 10.3. The van der Waals surface area contributed by atoms with Crippen LogP contribution in [0, 0.1) is 13.8 Å². The molecule has 17 heavy (non-hydrogen) atoms. The third kappa shape index (κ3) is 2.47. The summed E-state index contributed by atoms with van der Waals surface area (Å²) in [5.74, 6) is 0. The van der Waals surface area contributed by atoms with E-state index in [1.54, 1.807) is 18.2 Å². The van der Waals surface area contributed by atoms with E-state index in [0.29, 0.717) is 10.7 Å². The van der Waals surface area contributed by atoms with Crippen molar-refractivity contribution in [2.75, 3.05) is 5.32 Å². The molecular weight excluding hydrogens is 238 g/mol. The van der Waals surface area contributed by atoms with E-state index in [-0.39, 0.29) is 6.03 Å². The topological polar surface area (TPSA) is 46.9 Å². The fourth-order valence-corrected chi connectivity index (χ4v) is 1.75. The summed E-state index contributed by atoms with van der Waals surface area (Å²) in [7, 11) is 0. The van der Waals surface area contributed by atoms with Crippen LogP contribution in [0.3, 0.4) is 0 Å². The Hall–Kier alpha value is -1.81. The Morgan fingerprint density at radius 3 is 2.65 bits per heavy atom. The molecule has 2 aromatic rings. The number of carbonyl (C=O) groups is 1. The first-order valence-corrected chi connectivity index (χ1v) is 5.55. The summed E-state index contributed by atoms with van der Waals surface area (Å²) in [4.78, 5) is 11.9. The molecule has 1 aromatic carbocycles. The number of amides is 1. The molecular formula is C12H12ClN3O. The predicted molar refractivity (Wildman–Crippen MR) is 67.6 cm³/mol. The van der Waals surface area contributed by atoms with Crippen LogP contribution < -0.4 is 5.32 Å². The number of para-hydroxylation sites is 1. The Balaban J connectivity index is 2.23. The normalized spacial score (nSPS) is 10.3. The van der Waals surface area contributed by atoms with Gasteiger partial charge in [0, 0.05) is 5.69 Å². The number of carbonyl (C=O) groups excluding carboxylic acids is 1.